The minimum atomic E-state index is -0.526. The minimum absolute atomic E-state index is 0.0443. The molecule has 146 valence electrons. The number of nitrogens with one attached hydrogen (secondary N) is 2. The highest BCUT2D eigenvalue weighted by atomic mass is 16.7. The van der Waals surface area contributed by atoms with Crippen LogP contribution < -0.4 is 10.6 Å². The van der Waals surface area contributed by atoms with E-state index in [9.17, 15) is 4.79 Å². The van der Waals surface area contributed by atoms with E-state index in [0.717, 1.165) is 19.4 Å². The molecule has 1 saturated heterocycles. The van der Waals surface area contributed by atoms with Crippen molar-refractivity contribution in [3.05, 3.63) is 35.9 Å². The van der Waals surface area contributed by atoms with Gasteiger partial charge in [-0.15, -0.1) is 0 Å². The number of methoxy groups -OCH3 is 1. The maximum Gasteiger partial charge on any atom is 0.408 e. The summed E-state index contributed by atoms with van der Waals surface area (Å²) in [5, 5.41) is 6.36. The Morgan fingerprint density at radius 1 is 1.27 bits per heavy atom. The van der Waals surface area contributed by atoms with Crippen LogP contribution in [0.15, 0.2) is 30.3 Å². The van der Waals surface area contributed by atoms with E-state index in [4.69, 9.17) is 14.2 Å². The molecule has 1 heterocycles. The molecule has 0 aliphatic carbocycles. The van der Waals surface area contributed by atoms with E-state index in [2.05, 4.69) is 29.7 Å². The molecule has 26 heavy (non-hydrogen) atoms. The van der Waals surface area contributed by atoms with E-state index in [-0.39, 0.29) is 18.2 Å². The molecule has 0 aromatic heterocycles. The summed E-state index contributed by atoms with van der Waals surface area (Å²) in [5.41, 5.74) is 0.721. The van der Waals surface area contributed by atoms with E-state index < -0.39 is 18.0 Å². The highest BCUT2D eigenvalue weighted by Gasteiger charge is 2.33. The van der Waals surface area contributed by atoms with Crippen LogP contribution in [0.25, 0.3) is 0 Å². The lowest BCUT2D eigenvalue weighted by atomic mass is 10.0. The van der Waals surface area contributed by atoms with Crippen molar-refractivity contribution in [2.45, 2.75) is 70.6 Å². The van der Waals surface area contributed by atoms with Crippen molar-refractivity contribution in [1.29, 1.82) is 0 Å². The first kappa shape index (κ1) is 20.7. The van der Waals surface area contributed by atoms with E-state index in [1.54, 1.807) is 7.11 Å². The van der Waals surface area contributed by atoms with Crippen LogP contribution in [-0.2, 0) is 14.2 Å². The van der Waals surface area contributed by atoms with E-state index in [1.165, 1.54) is 5.56 Å². The number of hydrogen-bond acceptors (Lipinski definition) is 5. The Bertz CT molecular complexity index is 559. The maximum absolute atomic E-state index is 12.0. The minimum Gasteiger partial charge on any atom is -0.444 e. The van der Waals surface area contributed by atoms with Gasteiger partial charge in [-0.1, -0.05) is 30.3 Å². The molecule has 1 aliphatic heterocycles. The molecule has 4 atom stereocenters. The quantitative estimate of drug-likeness (QED) is 0.810. The number of benzene rings is 1. The van der Waals surface area contributed by atoms with Gasteiger partial charge in [-0.05, 0) is 46.1 Å². The number of carbonyl (C=O) groups excluding carboxylic acids is 1. The number of rotatable bonds is 6. The summed E-state index contributed by atoms with van der Waals surface area (Å²) < 4.78 is 16.8. The summed E-state index contributed by atoms with van der Waals surface area (Å²) in [4.78, 5) is 12.0. The molecule has 1 amide bonds. The van der Waals surface area contributed by atoms with Crippen LogP contribution in [0.3, 0.4) is 0 Å². The molecule has 2 N–H and O–H groups in total. The van der Waals surface area contributed by atoms with Gasteiger partial charge in [0.05, 0.1) is 12.1 Å². The van der Waals surface area contributed by atoms with Gasteiger partial charge < -0.3 is 24.8 Å². The zero-order valence-corrected chi connectivity index (χ0v) is 16.5. The highest BCUT2D eigenvalue weighted by Crippen LogP contribution is 2.21. The second-order valence-corrected chi connectivity index (χ2v) is 7.73. The van der Waals surface area contributed by atoms with Crippen molar-refractivity contribution in [2.75, 3.05) is 13.7 Å². The van der Waals surface area contributed by atoms with Gasteiger partial charge in [-0.3, -0.25) is 0 Å². The Balaban J connectivity index is 1.80. The van der Waals surface area contributed by atoms with Crippen molar-refractivity contribution >= 4 is 6.09 Å². The number of ether oxygens (including phenoxy) is 3. The number of amides is 1. The summed E-state index contributed by atoms with van der Waals surface area (Å²) in [6.45, 7) is 8.39. The predicted octanol–water partition coefficient (Wildman–Crippen LogP) is 3.38. The third-order valence-corrected chi connectivity index (χ3v) is 4.34. The van der Waals surface area contributed by atoms with Gasteiger partial charge in [0.1, 0.15) is 5.60 Å². The van der Waals surface area contributed by atoms with E-state index in [0.29, 0.717) is 0 Å². The zero-order valence-electron chi connectivity index (χ0n) is 16.5. The Kier molecular flexibility index (Phi) is 7.43. The summed E-state index contributed by atoms with van der Waals surface area (Å²) in [6, 6.07) is 10.4. The summed E-state index contributed by atoms with van der Waals surface area (Å²) in [5.74, 6) is 0. The lowest BCUT2D eigenvalue weighted by Crippen LogP contribution is -2.52. The summed E-state index contributed by atoms with van der Waals surface area (Å²) in [6.07, 6.45) is 0.749. The number of carbonyl (C=O) groups is 1. The Morgan fingerprint density at radius 2 is 1.96 bits per heavy atom. The molecule has 6 heteroatoms. The van der Waals surface area contributed by atoms with Crippen molar-refractivity contribution in [3.8, 4) is 0 Å². The van der Waals surface area contributed by atoms with Crippen LogP contribution in [0.5, 0.6) is 0 Å². The molecule has 1 fully saturated rings. The lowest BCUT2D eigenvalue weighted by Gasteiger charge is -2.36. The largest absolute Gasteiger partial charge is 0.444 e. The Labute approximate surface area is 156 Å². The van der Waals surface area contributed by atoms with Crippen molar-refractivity contribution < 1.29 is 19.0 Å². The summed E-state index contributed by atoms with van der Waals surface area (Å²) in [7, 11) is 1.59. The van der Waals surface area contributed by atoms with E-state index in [1.807, 2.05) is 39.0 Å². The SMILES string of the molecule is CO[C@H]1O[C@H](CN[C@H](C)c2ccccc2)CC[C@H]1NC(=O)OC(C)(C)C. The molecular formula is C20H32N2O4. The van der Waals surface area contributed by atoms with Crippen LogP contribution in [0.4, 0.5) is 4.79 Å². The molecule has 1 aromatic rings. The van der Waals surface area contributed by atoms with Gasteiger partial charge in [0.15, 0.2) is 6.29 Å². The first-order valence-corrected chi connectivity index (χ1v) is 9.24. The molecule has 0 radical (unpaired) electrons. The van der Waals surface area contributed by atoms with Crippen molar-refractivity contribution in [1.82, 2.24) is 10.6 Å². The molecule has 1 aliphatic rings. The first-order valence-electron chi connectivity index (χ1n) is 9.24. The number of hydrogen-bond donors (Lipinski definition) is 2. The van der Waals surface area contributed by atoms with Crippen LogP contribution in [0.2, 0.25) is 0 Å². The van der Waals surface area contributed by atoms with Crippen LogP contribution >= 0.6 is 0 Å². The smallest absolute Gasteiger partial charge is 0.408 e. The average Bonchev–Trinajstić information content (AvgIpc) is 2.59. The van der Waals surface area contributed by atoms with Crippen molar-refractivity contribution in [3.63, 3.8) is 0 Å². The van der Waals surface area contributed by atoms with Gasteiger partial charge in [-0.2, -0.15) is 0 Å². The fraction of sp³-hybridized carbons (Fsp3) is 0.650. The third-order valence-electron chi connectivity index (χ3n) is 4.34. The third kappa shape index (κ3) is 6.59. The molecule has 0 saturated carbocycles. The van der Waals surface area contributed by atoms with Crippen LogP contribution in [0, 0.1) is 0 Å². The first-order chi connectivity index (χ1) is 12.3. The van der Waals surface area contributed by atoms with Crippen LogP contribution in [0.1, 0.15) is 52.1 Å². The zero-order chi connectivity index (χ0) is 19.2. The monoisotopic (exact) mass is 364 g/mol. The molecule has 1 aromatic carbocycles. The van der Waals surface area contributed by atoms with Gasteiger partial charge in [0.25, 0.3) is 0 Å². The van der Waals surface area contributed by atoms with Gasteiger partial charge in [0.2, 0.25) is 0 Å². The predicted molar refractivity (Wildman–Crippen MR) is 101 cm³/mol. The fourth-order valence-electron chi connectivity index (χ4n) is 2.99. The molecule has 6 nitrogen and oxygen atoms in total. The van der Waals surface area contributed by atoms with Crippen LogP contribution in [-0.4, -0.2) is 43.8 Å². The molecule has 2 rings (SSSR count). The molecule has 0 spiro atoms. The Morgan fingerprint density at radius 3 is 2.58 bits per heavy atom. The van der Waals surface area contributed by atoms with E-state index >= 15 is 0 Å². The maximum atomic E-state index is 12.0. The summed E-state index contributed by atoms with van der Waals surface area (Å²) >= 11 is 0. The highest BCUT2D eigenvalue weighted by molar-refractivity contribution is 5.68. The number of alkyl carbamates (subject to hydrolysis) is 1. The topological polar surface area (TPSA) is 68.8 Å². The fourth-order valence-corrected chi connectivity index (χ4v) is 2.99. The van der Waals surface area contributed by atoms with Gasteiger partial charge >= 0.3 is 6.09 Å². The molecule has 0 unspecified atom stereocenters. The molecular weight excluding hydrogens is 332 g/mol. The normalized spacial score (nSPS) is 24.7. The standard InChI is InChI=1S/C20H32N2O4/c1-14(15-9-7-6-8-10-15)21-13-16-11-12-17(18(24-5)25-16)22-19(23)26-20(2,3)4/h6-10,14,16-18,21H,11-13H2,1-5H3,(H,22,23)/t14-,16+,17-,18+/m1/s1. The molecule has 0 bridgehead atoms. The second kappa shape index (κ2) is 9.35. The lowest BCUT2D eigenvalue weighted by molar-refractivity contribution is -0.192. The average molecular weight is 364 g/mol. The van der Waals surface area contributed by atoms with Crippen molar-refractivity contribution in [2.24, 2.45) is 0 Å². The second-order valence-electron chi connectivity index (χ2n) is 7.73. The Hall–Kier alpha value is -1.63. The van der Waals surface area contributed by atoms with Gasteiger partial charge in [-0.25, -0.2) is 4.79 Å². The van der Waals surface area contributed by atoms with Gasteiger partial charge in [0, 0.05) is 19.7 Å².